The van der Waals surface area contributed by atoms with Crippen LogP contribution in [0.5, 0.6) is 5.75 Å². The molecule has 1 amide bonds. The molecule has 6 nitrogen and oxygen atoms in total. The van der Waals surface area contributed by atoms with E-state index in [4.69, 9.17) is 16.3 Å². The summed E-state index contributed by atoms with van der Waals surface area (Å²) >= 11 is 6.21. The van der Waals surface area contributed by atoms with Gasteiger partial charge in [-0.05, 0) is 36.5 Å². The number of halogens is 1. The highest BCUT2D eigenvalue weighted by atomic mass is 35.5. The lowest BCUT2D eigenvalue weighted by molar-refractivity contribution is 0.0578. The van der Waals surface area contributed by atoms with E-state index in [9.17, 15) is 4.79 Å². The van der Waals surface area contributed by atoms with E-state index < -0.39 is 0 Å². The molecule has 3 fully saturated rings. The van der Waals surface area contributed by atoms with Gasteiger partial charge in [0.2, 0.25) is 0 Å². The molecule has 1 aromatic carbocycles. The fourth-order valence-electron chi connectivity index (χ4n) is 4.29. The van der Waals surface area contributed by atoms with Crippen LogP contribution in [0.4, 0.5) is 0 Å². The number of piperidine rings is 1. The lowest BCUT2D eigenvalue weighted by atomic mass is 9.94. The van der Waals surface area contributed by atoms with Gasteiger partial charge >= 0.3 is 0 Å². The molecule has 7 heteroatoms. The summed E-state index contributed by atoms with van der Waals surface area (Å²) in [5, 5.41) is 4.70. The Bertz CT molecular complexity index is 820. The van der Waals surface area contributed by atoms with Gasteiger partial charge in [0.25, 0.3) is 5.91 Å². The molecule has 5 rings (SSSR count). The topological polar surface area (TPSA) is 50.6 Å². The molecule has 4 heterocycles. The molecule has 27 heavy (non-hydrogen) atoms. The minimum Gasteiger partial charge on any atom is -0.497 e. The predicted molar refractivity (Wildman–Crippen MR) is 104 cm³/mol. The van der Waals surface area contributed by atoms with Crippen LogP contribution in [0.15, 0.2) is 30.5 Å². The molecule has 0 N–H and O–H groups in total. The van der Waals surface area contributed by atoms with Gasteiger partial charge in [-0.25, -0.2) is 0 Å². The zero-order valence-corrected chi connectivity index (χ0v) is 16.5. The van der Waals surface area contributed by atoms with Crippen LogP contribution in [0.25, 0.3) is 0 Å². The third-order valence-corrected chi connectivity index (χ3v) is 5.88. The largest absolute Gasteiger partial charge is 0.497 e. The van der Waals surface area contributed by atoms with Crippen LogP contribution in [-0.4, -0.2) is 58.3 Å². The monoisotopic (exact) mass is 388 g/mol. The van der Waals surface area contributed by atoms with Gasteiger partial charge in [-0.3, -0.25) is 14.4 Å². The number of ether oxygens (including phenoxy) is 1. The van der Waals surface area contributed by atoms with Gasteiger partial charge in [-0.1, -0.05) is 23.7 Å². The summed E-state index contributed by atoms with van der Waals surface area (Å²) in [4.78, 5) is 17.5. The number of rotatable bonds is 4. The van der Waals surface area contributed by atoms with Gasteiger partial charge in [0.15, 0.2) is 5.69 Å². The smallest absolute Gasteiger partial charge is 0.276 e. The minimum atomic E-state index is -0.0402. The van der Waals surface area contributed by atoms with Crippen molar-refractivity contribution in [3.05, 3.63) is 46.7 Å². The van der Waals surface area contributed by atoms with E-state index in [1.165, 1.54) is 12.0 Å². The van der Waals surface area contributed by atoms with Crippen LogP contribution < -0.4 is 4.74 Å². The summed E-state index contributed by atoms with van der Waals surface area (Å²) in [6.07, 6.45) is 3.89. The molecule has 144 valence electrons. The number of aryl methyl sites for hydroxylation is 1. The van der Waals surface area contributed by atoms with Crippen LogP contribution in [-0.2, 0) is 13.6 Å². The Kier molecular flexibility index (Phi) is 5.10. The van der Waals surface area contributed by atoms with Crippen molar-refractivity contribution in [3.63, 3.8) is 0 Å². The third-order valence-electron chi connectivity index (χ3n) is 5.60. The van der Waals surface area contributed by atoms with Crippen molar-refractivity contribution < 1.29 is 9.53 Å². The highest BCUT2D eigenvalue weighted by Gasteiger charge is 2.38. The number of benzene rings is 1. The van der Waals surface area contributed by atoms with Crippen molar-refractivity contribution >= 4 is 17.5 Å². The number of hydrogen-bond donors (Lipinski definition) is 0. The van der Waals surface area contributed by atoms with Crippen LogP contribution in [0.2, 0.25) is 5.02 Å². The van der Waals surface area contributed by atoms with Gasteiger partial charge in [0.1, 0.15) is 5.75 Å². The van der Waals surface area contributed by atoms with Gasteiger partial charge in [0.05, 0.1) is 12.1 Å². The van der Waals surface area contributed by atoms with Crippen molar-refractivity contribution in [1.82, 2.24) is 19.6 Å². The first kappa shape index (κ1) is 18.3. The maximum Gasteiger partial charge on any atom is 0.276 e. The molecule has 3 aliphatic heterocycles. The fourth-order valence-corrected chi connectivity index (χ4v) is 4.55. The summed E-state index contributed by atoms with van der Waals surface area (Å²) in [7, 11) is 3.47. The maximum absolute atomic E-state index is 13.0. The molecule has 1 aromatic heterocycles. The number of carbonyl (C=O) groups is 1. The van der Waals surface area contributed by atoms with Crippen LogP contribution in [0.3, 0.4) is 0 Å². The third kappa shape index (κ3) is 3.82. The van der Waals surface area contributed by atoms with Crippen LogP contribution >= 0.6 is 11.6 Å². The Labute approximate surface area is 164 Å². The van der Waals surface area contributed by atoms with E-state index in [-0.39, 0.29) is 11.9 Å². The zero-order chi connectivity index (χ0) is 19.0. The number of hydrogen-bond acceptors (Lipinski definition) is 4. The van der Waals surface area contributed by atoms with E-state index in [0.717, 1.165) is 38.3 Å². The lowest BCUT2D eigenvalue weighted by Gasteiger charge is -2.35. The SMILES string of the molecule is COc1ccc(CN2C[C@H]3CC[C@@H](C2)N(C(=O)c2nn(C)cc2Cl)C3)cc1. The molecule has 0 saturated carbocycles. The molecule has 0 unspecified atom stereocenters. The van der Waals surface area contributed by atoms with E-state index in [2.05, 4.69) is 22.1 Å². The molecule has 3 saturated heterocycles. The van der Waals surface area contributed by atoms with Gasteiger partial charge in [0, 0.05) is 45.5 Å². The van der Waals surface area contributed by atoms with Crippen LogP contribution in [0.1, 0.15) is 28.9 Å². The van der Waals surface area contributed by atoms with Crippen molar-refractivity contribution in [2.75, 3.05) is 26.7 Å². The Morgan fingerprint density at radius 1 is 1.22 bits per heavy atom. The number of fused-ring (bicyclic) bond motifs is 4. The number of carbonyl (C=O) groups excluding carboxylic acids is 1. The molecular formula is C20H25ClN4O2. The second-order valence-corrected chi connectivity index (χ2v) is 8.00. The highest BCUT2D eigenvalue weighted by molar-refractivity contribution is 6.33. The Morgan fingerprint density at radius 3 is 2.67 bits per heavy atom. The Hall–Kier alpha value is -2.05. The molecule has 3 aliphatic rings. The Balaban J connectivity index is 1.48. The highest BCUT2D eigenvalue weighted by Crippen LogP contribution is 2.31. The first-order valence-electron chi connectivity index (χ1n) is 9.39. The standard InChI is InChI=1S/C20H25ClN4O2/c1-23-13-18(21)19(22-23)20(26)25-11-15-3-6-16(25)12-24(10-15)9-14-4-7-17(27-2)8-5-14/h4-5,7-8,13,15-16H,3,6,9-12H2,1-2H3/t15-,16+/m1/s1. The Morgan fingerprint density at radius 2 is 2.00 bits per heavy atom. The average Bonchev–Trinajstić information content (AvgIpc) is 2.83. The fraction of sp³-hybridized carbons (Fsp3) is 0.500. The number of amides is 1. The first-order valence-corrected chi connectivity index (χ1v) is 9.76. The molecular weight excluding hydrogens is 364 g/mol. The quantitative estimate of drug-likeness (QED) is 0.808. The van der Waals surface area contributed by atoms with Gasteiger partial charge in [-0.2, -0.15) is 5.10 Å². The second kappa shape index (κ2) is 7.52. The summed E-state index contributed by atoms with van der Waals surface area (Å²) < 4.78 is 6.84. The average molecular weight is 389 g/mol. The van der Waals surface area contributed by atoms with E-state index in [1.54, 1.807) is 25.0 Å². The zero-order valence-electron chi connectivity index (χ0n) is 15.8. The first-order chi connectivity index (χ1) is 13.0. The van der Waals surface area contributed by atoms with Crippen molar-refractivity contribution in [1.29, 1.82) is 0 Å². The van der Waals surface area contributed by atoms with Crippen molar-refractivity contribution in [3.8, 4) is 5.75 Å². The molecule has 2 bridgehead atoms. The predicted octanol–water partition coefficient (Wildman–Crippen LogP) is 2.82. The molecule has 2 atom stereocenters. The second-order valence-electron chi connectivity index (χ2n) is 7.60. The summed E-state index contributed by atoms with van der Waals surface area (Å²) in [6.45, 7) is 3.58. The number of methoxy groups -OCH3 is 1. The minimum absolute atomic E-state index is 0.0402. The number of nitrogens with zero attached hydrogens (tertiary/aromatic N) is 4. The van der Waals surface area contributed by atoms with Crippen molar-refractivity contribution in [2.45, 2.75) is 25.4 Å². The molecule has 2 aromatic rings. The number of aromatic nitrogens is 2. The van der Waals surface area contributed by atoms with Gasteiger partial charge in [-0.15, -0.1) is 0 Å². The summed E-state index contributed by atoms with van der Waals surface area (Å²) in [5.74, 6) is 1.33. The maximum atomic E-state index is 13.0. The lowest BCUT2D eigenvalue weighted by Crippen LogP contribution is -2.47. The summed E-state index contributed by atoms with van der Waals surface area (Å²) in [5.41, 5.74) is 1.64. The summed E-state index contributed by atoms with van der Waals surface area (Å²) in [6, 6.07) is 8.44. The van der Waals surface area contributed by atoms with E-state index in [0.29, 0.717) is 16.6 Å². The molecule has 0 radical (unpaired) electrons. The molecule has 0 aliphatic carbocycles. The normalized spacial score (nSPS) is 22.7. The van der Waals surface area contributed by atoms with E-state index >= 15 is 0 Å². The van der Waals surface area contributed by atoms with Crippen molar-refractivity contribution in [2.24, 2.45) is 13.0 Å². The molecule has 0 spiro atoms. The van der Waals surface area contributed by atoms with Crippen LogP contribution in [0, 0.1) is 5.92 Å². The van der Waals surface area contributed by atoms with Gasteiger partial charge < -0.3 is 9.64 Å². The van der Waals surface area contributed by atoms with E-state index in [1.807, 2.05) is 17.0 Å².